The van der Waals surface area contributed by atoms with Crippen molar-refractivity contribution in [3.63, 3.8) is 0 Å². The highest BCUT2D eigenvalue weighted by atomic mass is 16.5. The highest BCUT2D eigenvalue weighted by molar-refractivity contribution is 5.81. The van der Waals surface area contributed by atoms with Crippen LogP contribution in [0.5, 0.6) is 5.75 Å². The molecule has 1 aliphatic carbocycles. The zero-order valence-electron chi connectivity index (χ0n) is 13.7. The lowest BCUT2D eigenvalue weighted by atomic mass is 9.85. The van der Waals surface area contributed by atoms with E-state index in [1.807, 2.05) is 4.90 Å². The normalized spacial score (nSPS) is 21.3. The molecule has 1 amide bonds. The van der Waals surface area contributed by atoms with Gasteiger partial charge in [0.1, 0.15) is 11.6 Å². The van der Waals surface area contributed by atoms with Gasteiger partial charge in [0.25, 0.3) is 5.56 Å². The molecule has 1 aromatic carbocycles. The number of methoxy groups -OCH3 is 1. The van der Waals surface area contributed by atoms with Gasteiger partial charge in [0, 0.05) is 25.4 Å². The van der Waals surface area contributed by atoms with E-state index >= 15 is 0 Å². The maximum atomic E-state index is 12.4. The number of carbonyl (C=O) groups is 1. The Morgan fingerprint density at radius 2 is 2.17 bits per heavy atom. The molecule has 1 unspecified atom stereocenters. The highest BCUT2D eigenvalue weighted by Crippen LogP contribution is 2.32. The number of amides is 1. The van der Waals surface area contributed by atoms with Crippen LogP contribution in [0.15, 0.2) is 23.0 Å². The molecule has 24 heavy (non-hydrogen) atoms. The molecule has 1 N–H and O–H groups in total. The Hall–Kier alpha value is -2.37. The molecule has 0 spiro atoms. The van der Waals surface area contributed by atoms with Crippen LogP contribution in [0.4, 0.5) is 0 Å². The van der Waals surface area contributed by atoms with Crippen molar-refractivity contribution < 1.29 is 9.53 Å². The van der Waals surface area contributed by atoms with Crippen molar-refractivity contribution in [1.29, 1.82) is 0 Å². The first-order valence-corrected chi connectivity index (χ1v) is 8.50. The fourth-order valence-electron chi connectivity index (χ4n) is 3.58. The molecule has 1 aromatic heterocycles. The summed E-state index contributed by atoms with van der Waals surface area (Å²) in [7, 11) is 1.57. The predicted molar refractivity (Wildman–Crippen MR) is 90.2 cm³/mol. The Morgan fingerprint density at radius 1 is 1.33 bits per heavy atom. The average molecular weight is 327 g/mol. The summed E-state index contributed by atoms with van der Waals surface area (Å²) in [6, 6.07) is 5.27. The molecule has 2 fully saturated rings. The lowest BCUT2D eigenvalue weighted by Crippen LogP contribution is -2.33. The first-order chi connectivity index (χ1) is 11.6. The first kappa shape index (κ1) is 15.2. The minimum absolute atomic E-state index is 0.0308. The van der Waals surface area contributed by atoms with E-state index in [4.69, 9.17) is 4.74 Å². The number of ether oxygens (including phenoxy) is 1. The van der Waals surface area contributed by atoms with Crippen molar-refractivity contribution in [3.8, 4) is 5.75 Å². The number of hydrogen-bond acceptors (Lipinski definition) is 4. The zero-order valence-corrected chi connectivity index (χ0v) is 13.7. The van der Waals surface area contributed by atoms with E-state index in [1.54, 1.807) is 25.3 Å². The molecule has 1 saturated heterocycles. The highest BCUT2D eigenvalue weighted by Gasteiger charge is 2.34. The van der Waals surface area contributed by atoms with Gasteiger partial charge in [-0.3, -0.25) is 9.59 Å². The van der Waals surface area contributed by atoms with Gasteiger partial charge < -0.3 is 14.6 Å². The molecule has 0 radical (unpaired) electrons. The third-order valence-corrected chi connectivity index (χ3v) is 5.24. The van der Waals surface area contributed by atoms with Gasteiger partial charge in [-0.1, -0.05) is 6.42 Å². The quantitative estimate of drug-likeness (QED) is 0.932. The lowest BCUT2D eigenvalue weighted by Gasteiger charge is -2.30. The Morgan fingerprint density at radius 3 is 2.88 bits per heavy atom. The third kappa shape index (κ3) is 2.66. The number of fused-ring (bicyclic) bond motifs is 1. The van der Waals surface area contributed by atoms with Crippen LogP contribution in [-0.2, 0) is 4.79 Å². The van der Waals surface area contributed by atoms with Crippen LogP contribution in [0, 0.1) is 5.92 Å². The summed E-state index contributed by atoms with van der Waals surface area (Å²) < 4.78 is 5.16. The van der Waals surface area contributed by atoms with Crippen LogP contribution in [0.2, 0.25) is 0 Å². The number of benzene rings is 1. The van der Waals surface area contributed by atoms with Gasteiger partial charge in [-0.05, 0) is 37.0 Å². The summed E-state index contributed by atoms with van der Waals surface area (Å²) in [5.74, 6) is 2.04. The van der Waals surface area contributed by atoms with Gasteiger partial charge in [0.2, 0.25) is 5.91 Å². The predicted octanol–water partition coefficient (Wildman–Crippen LogP) is 2.05. The number of carbonyl (C=O) groups excluding carboxylic acids is 1. The van der Waals surface area contributed by atoms with Crippen molar-refractivity contribution in [2.24, 2.45) is 5.92 Å². The van der Waals surface area contributed by atoms with E-state index in [-0.39, 0.29) is 17.4 Å². The number of nitrogens with one attached hydrogen (secondary N) is 1. The number of aromatic amines is 1. The van der Waals surface area contributed by atoms with E-state index in [0.717, 1.165) is 6.54 Å². The number of rotatable bonds is 4. The second kappa shape index (κ2) is 5.92. The molecule has 6 nitrogen and oxygen atoms in total. The molecular weight excluding hydrogens is 306 g/mol. The van der Waals surface area contributed by atoms with Gasteiger partial charge in [0.15, 0.2) is 0 Å². The molecule has 126 valence electrons. The third-order valence-electron chi connectivity index (χ3n) is 5.24. The van der Waals surface area contributed by atoms with Gasteiger partial charge >= 0.3 is 0 Å². The van der Waals surface area contributed by atoms with Crippen LogP contribution in [0.1, 0.15) is 37.4 Å². The van der Waals surface area contributed by atoms with Gasteiger partial charge in [-0.25, -0.2) is 4.98 Å². The van der Waals surface area contributed by atoms with E-state index in [2.05, 4.69) is 9.97 Å². The molecular formula is C18H21N3O3. The fraction of sp³-hybridized carbons (Fsp3) is 0.500. The van der Waals surface area contributed by atoms with E-state index in [0.29, 0.717) is 41.4 Å². The molecule has 0 bridgehead atoms. The van der Waals surface area contributed by atoms with Gasteiger partial charge in [0.05, 0.1) is 18.0 Å². The van der Waals surface area contributed by atoms with Gasteiger partial charge in [-0.2, -0.15) is 0 Å². The number of likely N-dealkylation sites (tertiary alicyclic amines) is 1. The van der Waals surface area contributed by atoms with Crippen molar-refractivity contribution in [2.75, 3.05) is 20.2 Å². The fourth-order valence-corrected chi connectivity index (χ4v) is 3.58. The molecule has 2 heterocycles. The second-order valence-corrected chi connectivity index (χ2v) is 6.83. The molecule has 1 aliphatic heterocycles. The van der Waals surface area contributed by atoms with Crippen molar-refractivity contribution >= 4 is 16.8 Å². The minimum atomic E-state index is -0.182. The maximum Gasteiger partial charge on any atom is 0.258 e. The van der Waals surface area contributed by atoms with E-state index in [1.165, 1.54) is 19.3 Å². The molecule has 4 rings (SSSR count). The minimum Gasteiger partial charge on any atom is -0.497 e. The standard InChI is InChI=1S/C18H21N3O3/c1-24-13-5-6-15-14(8-13)18(23)20-17(19-15)12-7-16(22)21(10-12)9-11-3-2-4-11/h5-6,8,11-12H,2-4,7,9-10H2,1H3,(H,19,20,23). The van der Waals surface area contributed by atoms with Crippen molar-refractivity contribution in [2.45, 2.75) is 31.6 Å². The monoisotopic (exact) mass is 327 g/mol. The first-order valence-electron chi connectivity index (χ1n) is 8.50. The Kier molecular flexibility index (Phi) is 3.75. The number of H-pyrrole nitrogens is 1. The number of hydrogen-bond donors (Lipinski definition) is 1. The summed E-state index contributed by atoms with van der Waals surface area (Å²) in [5, 5.41) is 0.508. The molecule has 2 aromatic rings. The smallest absolute Gasteiger partial charge is 0.258 e. The van der Waals surface area contributed by atoms with Crippen molar-refractivity contribution in [1.82, 2.24) is 14.9 Å². The van der Waals surface area contributed by atoms with E-state index in [9.17, 15) is 9.59 Å². The van der Waals surface area contributed by atoms with Gasteiger partial charge in [-0.15, -0.1) is 0 Å². The molecule has 1 saturated carbocycles. The lowest BCUT2D eigenvalue weighted by molar-refractivity contribution is -0.128. The summed E-state index contributed by atoms with van der Waals surface area (Å²) in [6.45, 7) is 1.50. The second-order valence-electron chi connectivity index (χ2n) is 6.83. The summed E-state index contributed by atoms with van der Waals surface area (Å²) >= 11 is 0. The maximum absolute atomic E-state index is 12.4. The van der Waals surface area contributed by atoms with Crippen LogP contribution in [0.25, 0.3) is 10.9 Å². The SMILES string of the molecule is COc1ccc2nc(C3CC(=O)N(CC4CCC4)C3)[nH]c(=O)c2c1. The van der Waals surface area contributed by atoms with E-state index < -0.39 is 0 Å². The average Bonchev–Trinajstić information content (AvgIpc) is 2.91. The Labute approximate surface area is 139 Å². The summed E-state index contributed by atoms with van der Waals surface area (Å²) in [4.78, 5) is 34.0. The molecule has 1 atom stereocenters. The molecule has 2 aliphatic rings. The number of nitrogens with zero attached hydrogens (tertiary/aromatic N) is 2. The largest absolute Gasteiger partial charge is 0.497 e. The zero-order chi connectivity index (χ0) is 16.7. The van der Waals surface area contributed by atoms with Crippen LogP contribution in [0.3, 0.4) is 0 Å². The van der Waals surface area contributed by atoms with Crippen LogP contribution < -0.4 is 10.3 Å². The molecule has 6 heteroatoms. The van der Waals surface area contributed by atoms with Crippen molar-refractivity contribution in [3.05, 3.63) is 34.4 Å². The van der Waals surface area contributed by atoms with Crippen LogP contribution in [-0.4, -0.2) is 41.0 Å². The summed E-state index contributed by atoms with van der Waals surface area (Å²) in [5.41, 5.74) is 0.457. The summed E-state index contributed by atoms with van der Waals surface area (Å²) in [6.07, 6.45) is 4.15. The topological polar surface area (TPSA) is 75.3 Å². The van der Waals surface area contributed by atoms with Crippen LogP contribution >= 0.6 is 0 Å². The Bertz CT molecular complexity index is 841. The number of aromatic nitrogens is 2. The Balaban J connectivity index is 1.60.